The molecule has 10 nitrogen and oxygen atoms in total. The van der Waals surface area contributed by atoms with Crippen LogP contribution >= 0.6 is 0 Å². The minimum absolute atomic E-state index is 0.165. The number of carbonyl (C=O) groups is 2. The topological polar surface area (TPSA) is 119 Å². The van der Waals surface area contributed by atoms with E-state index >= 15 is 0 Å². The molecule has 0 spiro atoms. The van der Waals surface area contributed by atoms with Gasteiger partial charge in [0.15, 0.2) is 0 Å². The summed E-state index contributed by atoms with van der Waals surface area (Å²) in [6, 6.07) is 21.8. The molecule has 3 aromatic carbocycles. The van der Waals surface area contributed by atoms with Crippen LogP contribution < -0.4 is 10.5 Å². The summed E-state index contributed by atoms with van der Waals surface area (Å²) in [5.74, 6) is -0.291. The highest BCUT2D eigenvalue weighted by atomic mass is 19.1. The van der Waals surface area contributed by atoms with Crippen LogP contribution in [0.4, 0.5) is 4.39 Å². The molecule has 1 atom stereocenters. The van der Waals surface area contributed by atoms with Gasteiger partial charge in [0, 0.05) is 18.5 Å². The van der Waals surface area contributed by atoms with E-state index in [2.05, 4.69) is 20.4 Å². The number of methoxy groups -OCH3 is 1. The fourth-order valence-corrected chi connectivity index (χ4v) is 6.87. The molecule has 0 bridgehead atoms. The second-order valence-corrected chi connectivity index (χ2v) is 11.8. The number of piperidine rings is 1. The number of aromatic nitrogens is 4. The van der Waals surface area contributed by atoms with Crippen molar-refractivity contribution in [2.45, 2.75) is 36.5 Å². The molecule has 2 fully saturated rings. The van der Waals surface area contributed by atoms with Crippen LogP contribution in [0.15, 0.2) is 79.1 Å². The molecule has 1 aromatic heterocycles. The van der Waals surface area contributed by atoms with E-state index in [4.69, 9.17) is 10.5 Å². The molecule has 2 amide bonds. The molecule has 0 radical (unpaired) electrons. The number of benzene rings is 3. The summed E-state index contributed by atoms with van der Waals surface area (Å²) in [5, 5.41) is 11.3. The Morgan fingerprint density at radius 2 is 1.73 bits per heavy atom. The first kappa shape index (κ1) is 29.4. The number of hydrogen-bond donors (Lipinski definition) is 1. The molecule has 2 N–H and O–H groups in total. The Bertz CT molecular complexity index is 1620. The Morgan fingerprint density at radius 1 is 0.955 bits per heavy atom. The first-order valence-electron chi connectivity index (χ1n) is 14.9. The van der Waals surface area contributed by atoms with Gasteiger partial charge >= 0.3 is 0 Å². The van der Waals surface area contributed by atoms with Gasteiger partial charge in [0.1, 0.15) is 17.9 Å². The third-order valence-electron chi connectivity index (χ3n) is 9.52. The zero-order valence-corrected chi connectivity index (χ0v) is 24.7. The number of tetrazole rings is 1. The Labute approximate surface area is 255 Å². The second-order valence-electron chi connectivity index (χ2n) is 11.8. The third-order valence-corrected chi connectivity index (χ3v) is 9.52. The van der Waals surface area contributed by atoms with Crippen LogP contribution in [0, 0.1) is 5.82 Å². The Balaban J connectivity index is 1.21. The fraction of sp³-hybridized carbons (Fsp3) is 0.364. The van der Waals surface area contributed by atoms with Gasteiger partial charge < -0.3 is 20.3 Å². The molecule has 228 valence electrons. The van der Waals surface area contributed by atoms with Gasteiger partial charge in [-0.2, -0.15) is 0 Å². The minimum Gasteiger partial charge on any atom is -0.496 e. The molecular formula is C33H36FN7O3. The number of ether oxygens (including phenoxy) is 1. The maximum Gasteiger partial charge on any atom is 0.257 e. The van der Waals surface area contributed by atoms with Gasteiger partial charge in [-0.1, -0.05) is 42.5 Å². The largest absolute Gasteiger partial charge is 0.496 e. The van der Waals surface area contributed by atoms with Gasteiger partial charge in [-0.05, 0) is 97.2 Å². The maximum atomic E-state index is 14.5. The number of rotatable bonds is 9. The van der Waals surface area contributed by atoms with Crippen molar-refractivity contribution in [2.75, 3.05) is 39.8 Å². The van der Waals surface area contributed by atoms with Gasteiger partial charge in [-0.25, -0.2) is 9.07 Å². The predicted molar refractivity (Wildman–Crippen MR) is 162 cm³/mol. The van der Waals surface area contributed by atoms with Crippen molar-refractivity contribution in [3.8, 4) is 11.4 Å². The average Bonchev–Trinajstić information content (AvgIpc) is 3.76. The van der Waals surface area contributed by atoms with Gasteiger partial charge in [-0.15, -0.1) is 5.10 Å². The molecule has 3 heterocycles. The lowest BCUT2D eigenvalue weighted by molar-refractivity contribution is -0.125. The number of primary amides is 1. The van der Waals surface area contributed by atoms with Crippen LogP contribution in [0.5, 0.6) is 5.75 Å². The van der Waals surface area contributed by atoms with Crippen LogP contribution in [0.2, 0.25) is 0 Å². The standard InChI is InChI=1S/C33H36FN7O3/c1-44-29-11-10-27(41-23-36-37-38-41)21-28(29)30(42)40-19-13-32(22-40,25-8-5-9-26(34)20-25)12-16-39-17-14-33(15-18-39,31(35)43)24-6-3-2-4-7-24/h2-11,20-21,23H,12-19,22H2,1H3,(H2,35,43). The molecule has 11 heteroatoms. The lowest BCUT2D eigenvalue weighted by atomic mass is 9.71. The van der Waals surface area contributed by atoms with Crippen molar-refractivity contribution in [3.05, 3.63) is 102 Å². The quantitative estimate of drug-likeness (QED) is 0.314. The van der Waals surface area contributed by atoms with Crippen molar-refractivity contribution in [2.24, 2.45) is 5.73 Å². The fourth-order valence-electron chi connectivity index (χ4n) is 6.87. The molecule has 4 aromatic rings. The van der Waals surface area contributed by atoms with E-state index in [9.17, 15) is 14.0 Å². The highest BCUT2D eigenvalue weighted by molar-refractivity contribution is 5.98. The van der Waals surface area contributed by atoms with E-state index in [1.54, 1.807) is 30.3 Å². The lowest BCUT2D eigenvalue weighted by Crippen LogP contribution is -2.50. The number of amides is 2. The Hall–Kier alpha value is -4.64. The van der Waals surface area contributed by atoms with Crippen LogP contribution in [0.1, 0.15) is 47.2 Å². The zero-order chi connectivity index (χ0) is 30.7. The molecular weight excluding hydrogens is 561 g/mol. The van der Waals surface area contributed by atoms with Crippen molar-refractivity contribution in [1.82, 2.24) is 30.0 Å². The summed E-state index contributed by atoms with van der Waals surface area (Å²) in [5.41, 5.74) is 7.76. The van der Waals surface area contributed by atoms with Crippen molar-refractivity contribution in [1.29, 1.82) is 0 Å². The number of likely N-dealkylation sites (tertiary alicyclic amines) is 2. The summed E-state index contributed by atoms with van der Waals surface area (Å²) < 4.78 is 21.6. The van der Waals surface area contributed by atoms with Crippen LogP contribution in [0.3, 0.4) is 0 Å². The monoisotopic (exact) mass is 597 g/mol. The van der Waals surface area contributed by atoms with E-state index in [0.29, 0.717) is 49.4 Å². The third kappa shape index (κ3) is 5.55. The van der Waals surface area contributed by atoms with Crippen LogP contribution in [-0.2, 0) is 15.6 Å². The molecule has 0 aliphatic carbocycles. The summed E-state index contributed by atoms with van der Waals surface area (Å²) in [4.78, 5) is 30.8. The van der Waals surface area contributed by atoms with E-state index in [0.717, 1.165) is 37.2 Å². The number of hydrogen-bond acceptors (Lipinski definition) is 7. The summed E-state index contributed by atoms with van der Waals surface area (Å²) >= 11 is 0. The van der Waals surface area contributed by atoms with Crippen LogP contribution in [0.25, 0.3) is 5.69 Å². The summed E-state index contributed by atoms with van der Waals surface area (Å²) in [6.07, 6.45) is 4.18. The summed E-state index contributed by atoms with van der Waals surface area (Å²) in [7, 11) is 1.53. The molecule has 0 saturated carbocycles. The predicted octanol–water partition coefficient (Wildman–Crippen LogP) is 3.50. The normalized spacial score (nSPS) is 20.0. The smallest absolute Gasteiger partial charge is 0.257 e. The van der Waals surface area contributed by atoms with Gasteiger partial charge in [-0.3, -0.25) is 9.59 Å². The lowest BCUT2D eigenvalue weighted by Gasteiger charge is -2.41. The number of nitrogens with zero attached hydrogens (tertiary/aromatic N) is 6. The van der Waals surface area contributed by atoms with E-state index in [1.807, 2.05) is 41.3 Å². The summed E-state index contributed by atoms with van der Waals surface area (Å²) in [6.45, 7) is 3.16. The minimum atomic E-state index is -0.676. The Kier molecular flexibility index (Phi) is 8.13. The maximum absolute atomic E-state index is 14.5. The highest BCUT2D eigenvalue weighted by Gasteiger charge is 2.44. The van der Waals surface area contributed by atoms with E-state index < -0.39 is 10.8 Å². The van der Waals surface area contributed by atoms with Crippen molar-refractivity contribution >= 4 is 11.8 Å². The van der Waals surface area contributed by atoms with Crippen molar-refractivity contribution in [3.63, 3.8) is 0 Å². The molecule has 44 heavy (non-hydrogen) atoms. The molecule has 2 aliphatic rings. The second kappa shape index (κ2) is 12.2. The van der Waals surface area contributed by atoms with Crippen LogP contribution in [-0.4, -0.2) is 81.7 Å². The number of halogens is 1. The SMILES string of the molecule is COc1ccc(-n2cnnn2)cc1C(=O)N1CCC(CCN2CCC(C(N)=O)(c3ccccc3)CC2)(c2cccc(F)c2)C1. The molecule has 2 saturated heterocycles. The zero-order valence-electron chi connectivity index (χ0n) is 24.7. The number of carbonyl (C=O) groups excluding carboxylic acids is 2. The first-order chi connectivity index (χ1) is 21.3. The molecule has 2 aliphatic heterocycles. The Morgan fingerprint density at radius 3 is 2.41 bits per heavy atom. The highest BCUT2D eigenvalue weighted by Crippen LogP contribution is 2.41. The molecule has 6 rings (SSSR count). The van der Waals surface area contributed by atoms with Gasteiger partial charge in [0.25, 0.3) is 5.91 Å². The van der Waals surface area contributed by atoms with Gasteiger partial charge in [0.05, 0.1) is 23.8 Å². The molecule has 1 unspecified atom stereocenters. The van der Waals surface area contributed by atoms with Gasteiger partial charge in [0.2, 0.25) is 5.91 Å². The number of nitrogens with two attached hydrogens (primary N) is 1. The first-order valence-corrected chi connectivity index (χ1v) is 14.9. The average molecular weight is 598 g/mol. The van der Waals surface area contributed by atoms with E-state index in [-0.39, 0.29) is 17.6 Å². The van der Waals surface area contributed by atoms with E-state index in [1.165, 1.54) is 24.2 Å². The van der Waals surface area contributed by atoms with Crippen molar-refractivity contribution < 1.29 is 18.7 Å².